The van der Waals surface area contributed by atoms with Crippen LogP contribution in [0.1, 0.15) is 25.7 Å². The molecule has 2 aromatic rings. The van der Waals surface area contributed by atoms with Crippen molar-refractivity contribution in [1.29, 1.82) is 0 Å². The smallest absolute Gasteiger partial charge is 0.150 e. The van der Waals surface area contributed by atoms with E-state index in [1.165, 1.54) is 6.42 Å². The molecule has 1 radical (unpaired) electrons. The molecular formula is C20H20CuN2O2. The van der Waals surface area contributed by atoms with Crippen LogP contribution in [0, 0.1) is 11.8 Å². The normalized spacial score (nSPS) is 22.9. The molecule has 1 fully saturated rings. The van der Waals surface area contributed by atoms with E-state index in [-0.39, 0.29) is 28.7 Å². The fourth-order valence-corrected chi connectivity index (χ4v) is 3.74. The van der Waals surface area contributed by atoms with Gasteiger partial charge >= 0.3 is 0 Å². The molecule has 0 aliphatic heterocycles. The molecule has 0 saturated heterocycles. The molecule has 25 heavy (non-hydrogen) atoms. The molecule has 4 rings (SSSR count). The van der Waals surface area contributed by atoms with Gasteiger partial charge in [-0.25, -0.2) is 0 Å². The van der Waals surface area contributed by atoms with E-state index in [1.807, 2.05) is 36.4 Å². The molecule has 2 aromatic carbocycles. The Hall–Kier alpha value is -2.10. The zero-order valence-corrected chi connectivity index (χ0v) is 14.6. The second-order valence-corrected chi connectivity index (χ2v) is 6.54. The van der Waals surface area contributed by atoms with Crippen molar-refractivity contribution in [3.05, 3.63) is 60.0 Å². The number of aromatic hydroxyl groups is 1. The molecule has 1 saturated carbocycles. The number of aliphatic hydroxyl groups excluding tert-OH is 1. The van der Waals surface area contributed by atoms with Gasteiger partial charge in [-0.15, -0.1) is 10.2 Å². The van der Waals surface area contributed by atoms with Gasteiger partial charge in [-0.05, 0) is 36.3 Å². The van der Waals surface area contributed by atoms with Crippen LogP contribution in [0.4, 0.5) is 5.69 Å². The van der Waals surface area contributed by atoms with Gasteiger partial charge < -0.3 is 10.2 Å². The summed E-state index contributed by atoms with van der Waals surface area (Å²) in [5.41, 5.74) is 0.916. The first kappa shape index (κ1) is 17.7. The molecule has 4 nitrogen and oxygen atoms in total. The van der Waals surface area contributed by atoms with Crippen LogP contribution in [-0.2, 0) is 17.1 Å². The molecule has 2 unspecified atom stereocenters. The van der Waals surface area contributed by atoms with E-state index in [4.69, 9.17) is 0 Å². The van der Waals surface area contributed by atoms with Crippen molar-refractivity contribution < 1.29 is 27.3 Å². The summed E-state index contributed by atoms with van der Waals surface area (Å²) in [5, 5.41) is 31.0. The van der Waals surface area contributed by atoms with E-state index >= 15 is 0 Å². The van der Waals surface area contributed by atoms with Crippen LogP contribution in [0.15, 0.2) is 70.2 Å². The number of hydrogen-bond acceptors (Lipinski definition) is 4. The van der Waals surface area contributed by atoms with Gasteiger partial charge in [0.15, 0.2) is 5.75 Å². The minimum atomic E-state index is 0. The van der Waals surface area contributed by atoms with E-state index in [1.54, 1.807) is 6.07 Å². The summed E-state index contributed by atoms with van der Waals surface area (Å²) in [7, 11) is 0. The maximum Gasteiger partial charge on any atom is 0.150 e. The second-order valence-electron chi connectivity index (χ2n) is 6.54. The number of rotatable bonds is 2. The van der Waals surface area contributed by atoms with Crippen molar-refractivity contribution in [2.75, 3.05) is 0 Å². The molecule has 0 amide bonds. The molecule has 2 atom stereocenters. The molecule has 2 aliphatic carbocycles. The second kappa shape index (κ2) is 7.42. The summed E-state index contributed by atoms with van der Waals surface area (Å²) in [4.78, 5) is 0. The van der Waals surface area contributed by atoms with E-state index in [9.17, 15) is 10.2 Å². The minimum Gasteiger partial charge on any atom is -0.510 e. The monoisotopic (exact) mass is 383 g/mol. The van der Waals surface area contributed by atoms with Crippen LogP contribution in [0.3, 0.4) is 0 Å². The topological polar surface area (TPSA) is 65.2 Å². The summed E-state index contributed by atoms with van der Waals surface area (Å²) in [6.45, 7) is 0. The maximum atomic E-state index is 10.5. The Balaban J connectivity index is 0.00000182. The van der Waals surface area contributed by atoms with Crippen molar-refractivity contribution >= 4 is 16.5 Å². The number of hydrogen-bond donors (Lipinski definition) is 2. The SMILES string of the molecule is OC1=C(N=Nc2ccc3ccccc3c2O)C=CC2CCCCC12.[Cu]. The average Bonchev–Trinajstić information content (AvgIpc) is 2.63. The Morgan fingerprint density at radius 1 is 0.920 bits per heavy atom. The van der Waals surface area contributed by atoms with E-state index in [0.29, 0.717) is 23.1 Å². The van der Waals surface area contributed by atoms with E-state index < -0.39 is 0 Å². The number of phenolic OH excluding ortho intramolecular Hbond substituents is 1. The first-order chi connectivity index (χ1) is 11.7. The zero-order valence-electron chi connectivity index (χ0n) is 13.7. The van der Waals surface area contributed by atoms with Gasteiger partial charge in [0.05, 0.1) is 0 Å². The molecule has 0 heterocycles. The standard InChI is InChI=1S/C20H20N2O2.Cu/c23-19-15-7-3-1-5-13(15)9-11-17(19)21-22-18-12-10-14-6-2-4-8-16(14)20(18)24;/h1,3,5,7,9-12,14,16,23-24H,2,4,6,8H2;. The number of allylic oxidation sites excluding steroid dienone is 3. The number of nitrogens with zero attached hydrogens (tertiary/aromatic N) is 2. The molecule has 0 aromatic heterocycles. The van der Waals surface area contributed by atoms with Crippen molar-refractivity contribution in [3.63, 3.8) is 0 Å². The van der Waals surface area contributed by atoms with Crippen LogP contribution in [0.2, 0.25) is 0 Å². The summed E-state index contributed by atoms with van der Waals surface area (Å²) >= 11 is 0. The third kappa shape index (κ3) is 3.35. The Morgan fingerprint density at radius 3 is 2.60 bits per heavy atom. The molecule has 0 bridgehead atoms. The fourth-order valence-electron chi connectivity index (χ4n) is 3.74. The number of phenols is 1. The number of azo groups is 1. The van der Waals surface area contributed by atoms with Gasteiger partial charge in [0, 0.05) is 28.4 Å². The van der Waals surface area contributed by atoms with Crippen molar-refractivity contribution in [3.8, 4) is 5.75 Å². The molecule has 0 spiro atoms. The van der Waals surface area contributed by atoms with Crippen LogP contribution in [-0.4, -0.2) is 10.2 Å². The average molecular weight is 384 g/mol. The van der Waals surface area contributed by atoms with Crippen molar-refractivity contribution in [1.82, 2.24) is 0 Å². The van der Waals surface area contributed by atoms with Crippen LogP contribution in [0.5, 0.6) is 5.75 Å². The molecule has 5 heteroatoms. The van der Waals surface area contributed by atoms with Crippen LogP contribution >= 0.6 is 0 Å². The number of aliphatic hydroxyl groups is 1. The Bertz CT molecular complexity index is 873. The van der Waals surface area contributed by atoms with Gasteiger partial charge in [-0.3, -0.25) is 0 Å². The van der Waals surface area contributed by atoms with Crippen LogP contribution in [0.25, 0.3) is 10.8 Å². The van der Waals surface area contributed by atoms with Crippen molar-refractivity contribution in [2.24, 2.45) is 22.1 Å². The first-order valence-electron chi connectivity index (χ1n) is 8.48. The van der Waals surface area contributed by atoms with E-state index in [0.717, 1.165) is 30.0 Å². The first-order valence-corrected chi connectivity index (χ1v) is 8.48. The fraction of sp³-hybridized carbons (Fsp3) is 0.300. The van der Waals surface area contributed by atoms with Crippen LogP contribution < -0.4 is 0 Å². The largest absolute Gasteiger partial charge is 0.510 e. The molecular weight excluding hydrogens is 364 g/mol. The maximum absolute atomic E-state index is 10.5. The van der Waals surface area contributed by atoms with Gasteiger partial charge in [-0.1, -0.05) is 49.2 Å². The van der Waals surface area contributed by atoms with Crippen molar-refractivity contribution in [2.45, 2.75) is 25.7 Å². The molecule has 133 valence electrons. The van der Waals surface area contributed by atoms with Gasteiger partial charge in [0.1, 0.15) is 17.1 Å². The number of fused-ring (bicyclic) bond motifs is 2. The molecule has 2 aliphatic rings. The van der Waals surface area contributed by atoms with E-state index in [2.05, 4.69) is 16.3 Å². The predicted molar refractivity (Wildman–Crippen MR) is 94.4 cm³/mol. The third-order valence-corrected chi connectivity index (χ3v) is 5.08. The Labute approximate surface area is 157 Å². The summed E-state index contributed by atoms with van der Waals surface area (Å²) < 4.78 is 0. The number of benzene rings is 2. The van der Waals surface area contributed by atoms with Gasteiger partial charge in [-0.2, -0.15) is 0 Å². The predicted octanol–water partition coefficient (Wildman–Crippen LogP) is 5.77. The van der Waals surface area contributed by atoms with Gasteiger partial charge in [0.25, 0.3) is 0 Å². The van der Waals surface area contributed by atoms with Gasteiger partial charge in [0.2, 0.25) is 0 Å². The summed E-state index contributed by atoms with van der Waals surface area (Å²) in [6.07, 6.45) is 8.49. The Morgan fingerprint density at radius 2 is 1.72 bits per heavy atom. The minimum absolute atomic E-state index is 0. The zero-order chi connectivity index (χ0) is 16.5. The quantitative estimate of drug-likeness (QED) is 0.510. The Kier molecular flexibility index (Phi) is 5.26. The molecule has 2 N–H and O–H groups in total. The third-order valence-electron chi connectivity index (χ3n) is 5.08. The summed E-state index contributed by atoms with van der Waals surface area (Å²) in [5.74, 6) is 1.05. The summed E-state index contributed by atoms with van der Waals surface area (Å²) in [6, 6.07) is 11.3.